The molecule has 1 saturated carbocycles. The lowest BCUT2D eigenvalue weighted by Gasteiger charge is -2.38. The third-order valence-electron chi connectivity index (χ3n) is 4.38. The molecule has 0 bridgehead atoms. The van der Waals surface area contributed by atoms with E-state index in [9.17, 15) is 9.90 Å². The molecule has 1 fully saturated rings. The van der Waals surface area contributed by atoms with Crippen LogP contribution in [0.25, 0.3) is 11.1 Å². The summed E-state index contributed by atoms with van der Waals surface area (Å²) in [6, 6.07) is 9.87. The molecule has 2 aromatic rings. The number of rotatable bonds is 3. The van der Waals surface area contributed by atoms with Crippen molar-refractivity contribution in [2.75, 3.05) is 0 Å². The molecule has 1 heterocycles. The average molecular weight is 267 g/mol. The predicted octanol–water partition coefficient (Wildman–Crippen LogP) is 3.56. The van der Waals surface area contributed by atoms with E-state index in [4.69, 9.17) is 0 Å². The summed E-state index contributed by atoms with van der Waals surface area (Å²) < 4.78 is 0. The third-order valence-corrected chi connectivity index (χ3v) is 4.38. The zero-order valence-corrected chi connectivity index (χ0v) is 11.5. The van der Waals surface area contributed by atoms with Crippen molar-refractivity contribution in [2.24, 2.45) is 0 Å². The fraction of sp³-hybridized carbons (Fsp3) is 0.294. The van der Waals surface area contributed by atoms with Crippen molar-refractivity contribution in [3.8, 4) is 11.1 Å². The number of aryl methyl sites for hydroxylation is 1. The lowest BCUT2D eigenvalue weighted by atomic mass is 9.64. The van der Waals surface area contributed by atoms with Gasteiger partial charge in [0.1, 0.15) is 0 Å². The Bertz CT molecular complexity index is 660. The average Bonchev–Trinajstić information content (AvgIpc) is 2.38. The minimum Gasteiger partial charge on any atom is -0.481 e. The molecule has 0 radical (unpaired) electrons. The van der Waals surface area contributed by atoms with E-state index in [1.165, 1.54) is 0 Å². The van der Waals surface area contributed by atoms with Crippen molar-refractivity contribution < 1.29 is 9.90 Å². The van der Waals surface area contributed by atoms with Gasteiger partial charge in [-0.2, -0.15) is 0 Å². The highest BCUT2D eigenvalue weighted by atomic mass is 16.4. The van der Waals surface area contributed by atoms with Crippen LogP contribution in [0.2, 0.25) is 0 Å². The molecule has 1 aromatic heterocycles. The Labute approximate surface area is 118 Å². The molecule has 1 aromatic carbocycles. The number of aliphatic carboxylic acids is 1. The highest BCUT2D eigenvalue weighted by Crippen LogP contribution is 2.44. The van der Waals surface area contributed by atoms with Crippen molar-refractivity contribution in [3.63, 3.8) is 0 Å². The maximum atomic E-state index is 11.6. The Morgan fingerprint density at radius 2 is 2.10 bits per heavy atom. The molecule has 1 aliphatic rings. The fourth-order valence-corrected chi connectivity index (χ4v) is 2.91. The van der Waals surface area contributed by atoms with Gasteiger partial charge in [0.2, 0.25) is 0 Å². The van der Waals surface area contributed by atoms with Gasteiger partial charge in [-0.05, 0) is 48.6 Å². The number of aromatic nitrogens is 1. The number of carboxylic acids is 1. The summed E-state index contributed by atoms with van der Waals surface area (Å²) >= 11 is 0. The zero-order chi connectivity index (χ0) is 14.2. The molecule has 0 aliphatic heterocycles. The van der Waals surface area contributed by atoms with Crippen LogP contribution in [-0.2, 0) is 10.2 Å². The van der Waals surface area contributed by atoms with E-state index in [1.54, 1.807) is 6.20 Å². The Morgan fingerprint density at radius 3 is 2.70 bits per heavy atom. The largest absolute Gasteiger partial charge is 0.481 e. The fourth-order valence-electron chi connectivity index (χ4n) is 2.91. The lowest BCUT2D eigenvalue weighted by molar-refractivity contribution is -0.147. The summed E-state index contributed by atoms with van der Waals surface area (Å²) in [6.45, 7) is 2.04. The van der Waals surface area contributed by atoms with Crippen molar-refractivity contribution in [2.45, 2.75) is 31.6 Å². The number of nitrogens with zero attached hydrogens (tertiary/aromatic N) is 1. The van der Waals surface area contributed by atoms with Gasteiger partial charge in [-0.3, -0.25) is 9.78 Å². The Morgan fingerprint density at radius 1 is 1.30 bits per heavy atom. The molecule has 0 unspecified atom stereocenters. The van der Waals surface area contributed by atoms with Crippen LogP contribution in [0.1, 0.15) is 30.4 Å². The van der Waals surface area contributed by atoms with Crippen LogP contribution in [0.4, 0.5) is 0 Å². The minimum atomic E-state index is -0.705. The third kappa shape index (κ3) is 1.90. The van der Waals surface area contributed by atoms with Gasteiger partial charge in [0.25, 0.3) is 0 Å². The number of pyridine rings is 1. The molecule has 102 valence electrons. The van der Waals surface area contributed by atoms with Crippen molar-refractivity contribution in [1.29, 1.82) is 0 Å². The van der Waals surface area contributed by atoms with Crippen LogP contribution in [0.3, 0.4) is 0 Å². The first-order valence-corrected chi connectivity index (χ1v) is 6.88. The van der Waals surface area contributed by atoms with E-state index < -0.39 is 11.4 Å². The molecular weight excluding hydrogens is 250 g/mol. The van der Waals surface area contributed by atoms with Crippen LogP contribution in [0.15, 0.2) is 42.7 Å². The van der Waals surface area contributed by atoms with Crippen LogP contribution < -0.4 is 0 Å². The SMILES string of the molecule is Cc1ccncc1-c1cccc(C2(C(=O)O)CCC2)c1. The molecule has 3 rings (SSSR count). The van der Waals surface area contributed by atoms with E-state index in [0.29, 0.717) is 0 Å². The highest BCUT2D eigenvalue weighted by molar-refractivity contribution is 5.83. The first-order valence-electron chi connectivity index (χ1n) is 6.88. The number of carboxylic acid groups (broad SMARTS) is 1. The molecule has 3 nitrogen and oxygen atoms in total. The topological polar surface area (TPSA) is 50.2 Å². The molecule has 3 heteroatoms. The van der Waals surface area contributed by atoms with Crippen molar-refractivity contribution in [3.05, 3.63) is 53.9 Å². The van der Waals surface area contributed by atoms with E-state index in [2.05, 4.69) is 4.98 Å². The number of carbonyl (C=O) groups is 1. The monoisotopic (exact) mass is 267 g/mol. The van der Waals surface area contributed by atoms with Gasteiger partial charge in [-0.15, -0.1) is 0 Å². The molecule has 0 spiro atoms. The zero-order valence-electron chi connectivity index (χ0n) is 11.5. The first-order chi connectivity index (χ1) is 9.63. The summed E-state index contributed by atoms with van der Waals surface area (Å²) in [5, 5.41) is 9.54. The van der Waals surface area contributed by atoms with Crippen LogP contribution in [0, 0.1) is 6.92 Å². The molecule has 0 atom stereocenters. The summed E-state index contributed by atoms with van der Waals surface area (Å²) in [5.74, 6) is -0.705. The molecule has 0 saturated heterocycles. The van der Waals surface area contributed by atoms with E-state index >= 15 is 0 Å². The van der Waals surface area contributed by atoms with E-state index in [0.717, 1.165) is 41.5 Å². The second-order valence-corrected chi connectivity index (χ2v) is 5.51. The summed E-state index contributed by atoms with van der Waals surface area (Å²) in [6.07, 6.45) is 6.06. The lowest BCUT2D eigenvalue weighted by Crippen LogP contribution is -2.42. The molecular formula is C17H17NO2. The molecule has 1 N–H and O–H groups in total. The Hall–Kier alpha value is -2.16. The Kier molecular flexibility index (Phi) is 3.05. The van der Waals surface area contributed by atoms with Crippen LogP contribution in [0.5, 0.6) is 0 Å². The van der Waals surface area contributed by atoms with Gasteiger partial charge >= 0.3 is 5.97 Å². The Balaban J connectivity index is 2.07. The smallest absolute Gasteiger partial charge is 0.314 e. The maximum Gasteiger partial charge on any atom is 0.314 e. The first kappa shape index (κ1) is 12.9. The van der Waals surface area contributed by atoms with Gasteiger partial charge in [0.05, 0.1) is 5.41 Å². The van der Waals surface area contributed by atoms with Gasteiger partial charge in [0, 0.05) is 18.0 Å². The number of hydrogen-bond donors (Lipinski definition) is 1. The van der Waals surface area contributed by atoms with Crippen molar-refractivity contribution in [1.82, 2.24) is 4.98 Å². The second-order valence-electron chi connectivity index (χ2n) is 5.51. The van der Waals surface area contributed by atoms with E-state index in [-0.39, 0.29) is 0 Å². The summed E-state index contributed by atoms with van der Waals surface area (Å²) in [5.41, 5.74) is 3.49. The van der Waals surface area contributed by atoms with Crippen LogP contribution in [-0.4, -0.2) is 16.1 Å². The number of hydrogen-bond acceptors (Lipinski definition) is 2. The van der Waals surface area contributed by atoms with Crippen molar-refractivity contribution >= 4 is 5.97 Å². The normalized spacial score (nSPS) is 16.4. The molecule has 1 aliphatic carbocycles. The van der Waals surface area contributed by atoms with Gasteiger partial charge < -0.3 is 5.11 Å². The predicted molar refractivity (Wildman–Crippen MR) is 77.6 cm³/mol. The second kappa shape index (κ2) is 4.75. The molecule has 0 amide bonds. The summed E-state index contributed by atoms with van der Waals surface area (Å²) in [7, 11) is 0. The van der Waals surface area contributed by atoms with Gasteiger partial charge in [0.15, 0.2) is 0 Å². The quantitative estimate of drug-likeness (QED) is 0.925. The maximum absolute atomic E-state index is 11.6. The minimum absolute atomic E-state index is 0.674. The van der Waals surface area contributed by atoms with Gasteiger partial charge in [-0.1, -0.05) is 24.6 Å². The number of benzene rings is 1. The standard InChI is InChI=1S/C17H17NO2/c1-12-6-9-18-11-15(12)13-4-2-5-14(10-13)17(16(19)20)7-3-8-17/h2,4-6,9-11H,3,7-8H2,1H3,(H,19,20). The summed E-state index contributed by atoms with van der Waals surface area (Å²) in [4.78, 5) is 15.8. The highest BCUT2D eigenvalue weighted by Gasteiger charge is 2.45. The van der Waals surface area contributed by atoms with E-state index in [1.807, 2.05) is 43.5 Å². The van der Waals surface area contributed by atoms with Crippen LogP contribution >= 0.6 is 0 Å². The molecule has 20 heavy (non-hydrogen) atoms. The van der Waals surface area contributed by atoms with Gasteiger partial charge in [-0.25, -0.2) is 0 Å².